The normalized spacial score (nSPS) is 26.5. The van der Waals surface area contributed by atoms with Crippen LogP contribution in [0.15, 0.2) is 24.3 Å². The lowest BCUT2D eigenvalue weighted by atomic mass is 9.77. The van der Waals surface area contributed by atoms with E-state index in [2.05, 4.69) is 0 Å². The summed E-state index contributed by atoms with van der Waals surface area (Å²) in [5, 5.41) is 10.1. The minimum atomic E-state index is -0.570. The molecule has 25 heavy (non-hydrogen) atoms. The first-order valence-electron chi connectivity index (χ1n) is 9.08. The molecule has 134 valence electrons. The van der Waals surface area contributed by atoms with E-state index in [9.17, 15) is 14.6 Å². The van der Waals surface area contributed by atoms with Gasteiger partial charge in [0.05, 0.1) is 18.7 Å². The highest BCUT2D eigenvalue weighted by Crippen LogP contribution is 2.43. The van der Waals surface area contributed by atoms with Crippen molar-refractivity contribution in [2.75, 3.05) is 7.11 Å². The highest BCUT2D eigenvalue weighted by molar-refractivity contribution is 6.46. The van der Waals surface area contributed by atoms with E-state index in [-0.39, 0.29) is 23.7 Å². The predicted octanol–water partition coefficient (Wildman–Crippen LogP) is 2.50. The predicted molar refractivity (Wildman–Crippen MR) is 96.4 cm³/mol. The number of nitrogens with zero attached hydrogens (tertiary/aromatic N) is 1. The lowest BCUT2D eigenvalue weighted by molar-refractivity contribution is -0.124. The van der Waals surface area contributed by atoms with Crippen LogP contribution in [0.4, 0.5) is 0 Å². The molecule has 5 nitrogen and oxygen atoms in total. The van der Waals surface area contributed by atoms with Crippen molar-refractivity contribution in [3.8, 4) is 0 Å². The van der Waals surface area contributed by atoms with E-state index in [1.165, 1.54) is 7.11 Å². The van der Waals surface area contributed by atoms with Crippen LogP contribution in [0.5, 0.6) is 0 Å². The second-order valence-corrected chi connectivity index (χ2v) is 7.44. The monoisotopic (exact) mass is 343 g/mol. The largest absolute Gasteiger partial charge is 0.465 e. The number of fused-ring (bicyclic) bond motifs is 2. The molecule has 1 saturated heterocycles. The van der Waals surface area contributed by atoms with E-state index in [1.807, 2.05) is 23.9 Å². The second-order valence-electron chi connectivity index (χ2n) is 7.44. The third-order valence-electron chi connectivity index (χ3n) is 5.80. The minimum Gasteiger partial charge on any atom is -0.465 e. The van der Waals surface area contributed by atoms with Crippen LogP contribution in [0.1, 0.15) is 54.4 Å². The van der Waals surface area contributed by atoms with Crippen LogP contribution in [0, 0.1) is 5.92 Å². The summed E-state index contributed by atoms with van der Waals surface area (Å²) in [7, 11) is 0.791. The highest BCUT2D eigenvalue weighted by atomic mass is 16.5. The molecule has 1 aliphatic carbocycles. The molecule has 0 spiro atoms. The molecule has 1 aliphatic heterocycles. The van der Waals surface area contributed by atoms with Crippen molar-refractivity contribution in [1.82, 2.24) is 4.81 Å². The molecule has 1 heterocycles. The Kier molecular flexibility index (Phi) is 5.30. The Hall–Kier alpha value is -1.66. The molecule has 1 saturated carbocycles. The number of piperidine rings is 1. The SMILES string of the molecule is COC(=O)c1ccc([C@H](C)CC(=O)[C@H]2[C@@H]3CC[C@@H](C3)N2B(C)O)cc1. The number of Topliss-reactive ketones (excluding diaryl/α,β-unsaturated/α-hetero) is 1. The summed E-state index contributed by atoms with van der Waals surface area (Å²) in [5.74, 6) is 0.331. The number of benzene rings is 1. The quantitative estimate of drug-likeness (QED) is 0.635. The number of ether oxygens (including phenoxy) is 1. The number of hydrogen-bond donors (Lipinski definition) is 1. The molecule has 0 radical (unpaired) electrons. The Morgan fingerprint density at radius 1 is 1.32 bits per heavy atom. The minimum absolute atomic E-state index is 0.0779. The van der Waals surface area contributed by atoms with Crippen LogP contribution >= 0.6 is 0 Å². The molecule has 3 rings (SSSR count). The fourth-order valence-corrected chi connectivity index (χ4v) is 4.59. The van der Waals surface area contributed by atoms with E-state index in [4.69, 9.17) is 4.74 Å². The maximum atomic E-state index is 12.9. The fourth-order valence-electron chi connectivity index (χ4n) is 4.59. The smallest absolute Gasteiger partial charge is 0.377 e. The zero-order valence-electron chi connectivity index (χ0n) is 15.1. The van der Waals surface area contributed by atoms with E-state index >= 15 is 0 Å². The molecule has 1 aromatic rings. The van der Waals surface area contributed by atoms with Gasteiger partial charge in [-0.2, -0.15) is 0 Å². The van der Waals surface area contributed by atoms with Crippen LogP contribution < -0.4 is 0 Å². The first-order valence-corrected chi connectivity index (χ1v) is 9.08. The molecule has 2 aliphatic rings. The van der Waals surface area contributed by atoms with Crippen molar-refractivity contribution in [3.63, 3.8) is 0 Å². The van der Waals surface area contributed by atoms with E-state index < -0.39 is 7.05 Å². The summed E-state index contributed by atoms with van der Waals surface area (Å²) in [6.07, 6.45) is 3.66. The summed E-state index contributed by atoms with van der Waals surface area (Å²) >= 11 is 0. The molecular formula is C19H26BNO4. The number of carbonyl (C=O) groups is 2. The zero-order chi connectivity index (χ0) is 18.1. The maximum absolute atomic E-state index is 12.9. The second kappa shape index (κ2) is 7.30. The van der Waals surface area contributed by atoms with Gasteiger partial charge in [-0.1, -0.05) is 19.1 Å². The number of esters is 1. The number of rotatable bonds is 6. The molecule has 0 amide bonds. The average molecular weight is 343 g/mol. The third kappa shape index (κ3) is 3.51. The van der Waals surface area contributed by atoms with Crippen LogP contribution in [0.25, 0.3) is 0 Å². The lowest BCUT2D eigenvalue weighted by Crippen LogP contribution is -2.52. The zero-order valence-corrected chi connectivity index (χ0v) is 15.1. The average Bonchev–Trinajstić information content (AvgIpc) is 3.22. The Morgan fingerprint density at radius 2 is 2.00 bits per heavy atom. The Labute approximate surface area is 149 Å². The summed E-state index contributed by atoms with van der Waals surface area (Å²) in [6, 6.07) is 7.46. The molecule has 1 N–H and O–H groups in total. The van der Waals surface area contributed by atoms with Gasteiger partial charge in [0.25, 0.3) is 0 Å². The van der Waals surface area contributed by atoms with Gasteiger partial charge in [0, 0.05) is 12.5 Å². The fraction of sp³-hybridized carbons (Fsp3) is 0.579. The number of methoxy groups -OCH3 is 1. The highest BCUT2D eigenvalue weighted by Gasteiger charge is 2.50. The first kappa shape index (κ1) is 18.1. The van der Waals surface area contributed by atoms with Crippen LogP contribution in [-0.2, 0) is 9.53 Å². The maximum Gasteiger partial charge on any atom is 0.377 e. The lowest BCUT2D eigenvalue weighted by Gasteiger charge is -2.35. The van der Waals surface area contributed by atoms with Crippen LogP contribution in [0.2, 0.25) is 6.82 Å². The van der Waals surface area contributed by atoms with Gasteiger partial charge in [0.2, 0.25) is 0 Å². The number of hydrogen-bond acceptors (Lipinski definition) is 5. The molecule has 6 heteroatoms. The molecule has 1 aromatic carbocycles. The van der Waals surface area contributed by atoms with Crippen molar-refractivity contribution in [2.24, 2.45) is 5.92 Å². The molecular weight excluding hydrogens is 317 g/mol. The van der Waals surface area contributed by atoms with Crippen molar-refractivity contribution >= 4 is 18.8 Å². The van der Waals surface area contributed by atoms with Crippen molar-refractivity contribution in [1.29, 1.82) is 0 Å². The summed E-state index contributed by atoms with van der Waals surface area (Å²) in [5.41, 5.74) is 1.55. The van der Waals surface area contributed by atoms with Crippen molar-refractivity contribution < 1.29 is 19.3 Å². The summed E-state index contributed by atoms with van der Waals surface area (Å²) in [6.45, 7) is 3.79. The van der Waals surface area contributed by atoms with Gasteiger partial charge in [-0.15, -0.1) is 0 Å². The van der Waals surface area contributed by atoms with Crippen LogP contribution in [-0.4, -0.2) is 47.8 Å². The van der Waals surface area contributed by atoms with Gasteiger partial charge in [0.1, 0.15) is 5.78 Å². The summed E-state index contributed by atoms with van der Waals surface area (Å²) in [4.78, 5) is 26.5. The van der Waals surface area contributed by atoms with E-state index in [1.54, 1.807) is 19.0 Å². The topological polar surface area (TPSA) is 66.8 Å². The molecule has 2 bridgehead atoms. The van der Waals surface area contributed by atoms with Gasteiger partial charge in [-0.25, -0.2) is 4.79 Å². The van der Waals surface area contributed by atoms with Gasteiger partial charge < -0.3 is 14.6 Å². The van der Waals surface area contributed by atoms with Gasteiger partial charge in [0.15, 0.2) is 0 Å². The Balaban J connectivity index is 1.67. The van der Waals surface area contributed by atoms with Crippen molar-refractivity contribution in [2.45, 2.75) is 57.4 Å². The van der Waals surface area contributed by atoms with Gasteiger partial charge in [-0.3, -0.25) is 4.79 Å². The van der Waals surface area contributed by atoms with Crippen molar-refractivity contribution in [3.05, 3.63) is 35.4 Å². The molecule has 4 atom stereocenters. The number of carbonyl (C=O) groups excluding carboxylic acids is 2. The standard InChI is InChI=1S/C19H26BNO4/c1-12(13-4-6-14(7-5-13)19(23)25-3)10-17(22)18-15-8-9-16(11-15)21(18)20(2)24/h4-7,12,15-16,18,24H,8-11H2,1-3H3/t12-,15-,16+,18-/m1/s1. The summed E-state index contributed by atoms with van der Waals surface area (Å²) < 4.78 is 4.71. The first-order chi connectivity index (χ1) is 11.9. The van der Waals surface area contributed by atoms with E-state index in [0.29, 0.717) is 23.9 Å². The van der Waals surface area contributed by atoms with E-state index in [0.717, 1.165) is 24.8 Å². The van der Waals surface area contributed by atoms with Gasteiger partial charge >= 0.3 is 13.0 Å². The third-order valence-corrected chi connectivity index (χ3v) is 5.80. The Morgan fingerprint density at radius 3 is 2.60 bits per heavy atom. The van der Waals surface area contributed by atoms with Gasteiger partial charge in [-0.05, 0) is 55.6 Å². The Bertz CT molecular complexity index is 645. The number of ketones is 1. The molecule has 0 aromatic heterocycles. The molecule has 2 fully saturated rings. The molecule has 0 unspecified atom stereocenters. The van der Waals surface area contributed by atoms with Crippen LogP contribution in [0.3, 0.4) is 0 Å².